The molecule has 3 aromatic heterocycles. The van der Waals surface area contributed by atoms with E-state index in [2.05, 4.69) is 28.3 Å². The van der Waals surface area contributed by atoms with Crippen LogP contribution in [0, 0.1) is 6.92 Å². The Morgan fingerprint density at radius 2 is 2.24 bits per heavy atom. The molecule has 0 fully saturated rings. The molecule has 21 heavy (non-hydrogen) atoms. The second-order valence-electron chi connectivity index (χ2n) is 5.29. The van der Waals surface area contributed by atoms with E-state index in [0.29, 0.717) is 5.82 Å². The Hall–Kier alpha value is -1.72. The van der Waals surface area contributed by atoms with Gasteiger partial charge >= 0.3 is 0 Å². The maximum atomic E-state index is 12.3. The first-order chi connectivity index (χ1) is 10.2. The van der Waals surface area contributed by atoms with Gasteiger partial charge in [-0.3, -0.25) is 4.79 Å². The fourth-order valence-electron chi connectivity index (χ4n) is 2.81. The molecule has 0 unspecified atom stereocenters. The molecule has 4 rings (SSSR count). The molecule has 0 aromatic carbocycles. The predicted molar refractivity (Wildman–Crippen MR) is 90.2 cm³/mol. The van der Waals surface area contributed by atoms with Crippen molar-refractivity contribution >= 4 is 45.0 Å². The van der Waals surface area contributed by atoms with E-state index in [1.807, 2.05) is 12.2 Å². The summed E-state index contributed by atoms with van der Waals surface area (Å²) >= 11 is 3.37. The van der Waals surface area contributed by atoms with E-state index in [-0.39, 0.29) is 5.56 Å². The van der Waals surface area contributed by atoms with E-state index in [4.69, 9.17) is 0 Å². The van der Waals surface area contributed by atoms with Crippen LogP contribution in [0.5, 0.6) is 0 Å². The summed E-state index contributed by atoms with van der Waals surface area (Å²) in [6.45, 7) is 2.08. The third-order valence-corrected chi connectivity index (χ3v) is 6.06. The molecule has 3 nitrogen and oxygen atoms in total. The molecule has 0 amide bonds. The molecule has 0 atom stereocenters. The highest BCUT2D eigenvalue weighted by atomic mass is 32.1. The minimum Gasteiger partial charge on any atom is -0.306 e. The van der Waals surface area contributed by atoms with Crippen LogP contribution < -0.4 is 5.56 Å². The molecule has 1 aliphatic carbocycles. The summed E-state index contributed by atoms with van der Waals surface area (Å²) in [5.41, 5.74) is 2.48. The first-order valence-corrected chi connectivity index (χ1v) is 8.69. The van der Waals surface area contributed by atoms with E-state index in [1.54, 1.807) is 22.7 Å². The van der Waals surface area contributed by atoms with Crippen molar-refractivity contribution in [1.82, 2.24) is 9.97 Å². The molecule has 3 aromatic rings. The number of H-pyrrole nitrogens is 1. The summed E-state index contributed by atoms with van der Waals surface area (Å²) in [5, 5.41) is 2.88. The molecule has 0 saturated heterocycles. The lowest BCUT2D eigenvalue weighted by Crippen LogP contribution is -2.09. The Kier molecular flexibility index (Phi) is 3.05. The largest absolute Gasteiger partial charge is 0.306 e. The van der Waals surface area contributed by atoms with Crippen molar-refractivity contribution in [2.75, 3.05) is 0 Å². The minimum absolute atomic E-state index is 0.00181. The summed E-state index contributed by atoms with van der Waals surface area (Å²) in [7, 11) is 0. The number of aryl methyl sites for hydroxylation is 3. The highest BCUT2D eigenvalue weighted by Crippen LogP contribution is 2.34. The third kappa shape index (κ3) is 2.17. The van der Waals surface area contributed by atoms with Gasteiger partial charge in [0.15, 0.2) is 0 Å². The molecule has 0 bridgehead atoms. The van der Waals surface area contributed by atoms with Crippen LogP contribution in [0.4, 0.5) is 0 Å². The average molecular weight is 314 g/mol. The monoisotopic (exact) mass is 314 g/mol. The Bertz CT molecular complexity index is 914. The van der Waals surface area contributed by atoms with Crippen LogP contribution in [0.15, 0.2) is 16.2 Å². The van der Waals surface area contributed by atoms with Crippen molar-refractivity contribution in [2.45, 2.75) is 26.2 Å². The lowest BCUT2D eigenvalue weighted by atomic mass is 10.2. The van der Waals surface area contributed by atoms with Crippen molar-refractivity contribution in [3.8, 4) is 0 Å². The first-order valence-electron chi connectivity index (χ1n) is 6.99. The molecule has 0 spiro atoms. The van der Waals surface area contributed by atoms with Gasteiger partial charge in [-0.05, 0) is 60.9 Å². The third-order valence-electron chi connectivity index (χ3n) is 3.89. The number of thiophene rings is 2. The number of hydrogen-bond acceptors (Lipinski definition) is 4. The zero-order valence-electron chi connectivity index (χ0n) is 11.6. The quantitative estimate of drug-likeness (QED) is 0.776. The zero-order valence-corrected chi connectivity index (χ0v) is 13.2. The zero-order chi connectivity index (χ0) is 14.4. The van der Waals surface area contributed by atoms with Gasteiger partial charge in [0.2, 0.25) is 0 Å². The van der Waals surface area contributed by atoms with Gasteiger partial charge in [-0.25, -0.2) is 4.98 Å². The van der Waals surface area contributed by atoms with Crippen LogP contribution in [0.2, 0.25) is 0 Å². The van der Waals surface area contributed by atoms with Crippen LogP contribution in [-0.2, 0) is 12.8 Å². The first kappa shape index (κ1) is 13.0. The topological polar surface area (TPSA) is 45.8 Å². The minimum atomic E-state index is 0.00181. The fraction of sp³-hybridized carbons (Fsp3) is 0.250. The van der Waals surface area contributed by atoms with Crippen molar-refractivity contribution in [3.05, 3.63) is 48.5 Å². The van der Waals surface area contributed by atoms with Gasteiger partial charge in [0.05, 0.1) is 5.39 Å². The van der Waals surface area contributed by atoms with E-state index in [0.717, 1.165) is 29.5 Å². The molecule has 1 N–H and O–H groups in total. The van der Waals surface area contributed by atoms with Crippen molar-refractivity contribution in [3.63, 3.8) is 0 Å². The number of aromatic amines is 1. The molecule has 0 saturated carbocycles. The summed E-state index contributed by atoms with van der Waals surface area (Å²) in [6, 6.07) is 2.09. The molecule has 0 radical (unpaired) electrons. The molecule has 0 aliphatic heterocycles. The Labute approximate surface area is 130 Å². The smallest absolute Gasteiger partial charge is 0.260 e. The van der Waals surface area contributed by atoms with Gasteiger partial charge in [-0.2, -0.15) is 0 Å². The number of nitrogens with one attached hydrogen (secondary N) is 1. The van der Waals surface area contributed by atoms with Crippen molar-refractivity contribution < 1.29 is 0 Å². The lowest BCUT2D eigenvalue weighted by Gasteiger charge is -1.96. The standard InChI is InChI=1S/C16H14N2OS2/c1-9-7-8-20-11(9)5-6-13-17-15(19)14-10-3-2-4-12(10)21-16(14)18-13/h5-8H,2-4H2,1H3,(H,17,18,19)/b6-5+. The van der Waals surface area contributed by atoms with Gasteiger partial charge in [-0.15, -0.1) is 22.7 Å². The average Bonchev–Trinajstić information content (AvgIpc) is 3.11. The molecular weight excluding hydrogens is 300 g/mol. The van der Waals surface area contributed by atoms with Crippen LogP contribution in [0.1, 0.15) is 33.1 Å². The maximum Gasteiger partial charge on any atom is 0.260 e. The summed E-state index contributed by atoms with van der Waals surface area (Å²) in [6.07, 6.45) is 7.19. The van der Waals surface area contributed by atoms with E-state index in [1.165, 1.54) is 20.9 Å². The van der Waals surface area contributed by atoms with Gasteiger partial charge in [0.25, 0.3) is 5.56 Å². The van der Waals surface area contributed by atoms with Gasteiger partial charge < -0.3 is 4.98 Å². The van der Waals surface area contributed by atoms with E-state index >= 15 is 0 Å². The molecule has 3 heterocycles. The highest BCUT2D eigenvalue weighted by molar-refractivity contribution is 7.18. The van der Waals surface area contributed by atoms with Crippen LogP contribution in [0.25, 0.3) is 22.4 Å². The lowest BCUT2D eigenvalue weighted by molar-refractivity contribution is 0.916. The Morgan fingerprint density at radius 3 is 3.05 bits per heavy atom. The highest BCUT2D eigenvalue weighted by Gasteiger charge is 2.20. The van der Waals surface area contributed by atoms with Gasteiger partial charge in [0, 0.05) is 9.75 Å². The van der Waals surface area contributed by atoms with Crippen LogP contribution in [0.3, 0.4) is 0 Å². The Balaban J connectivity index is 1.79. The normalized spacial score (nSPS) is 14.3. The van der Waals surface area contributed by atoms with Crippen LogP contribution in [-0.4, -0.2) is 9.97 Å². The fourth-order valence-corrected chi connectivity index (χ4v) is 4.90. The summed E-state index contributed by atoms with van der Waals surface area (Å²) in [4.78, 5) is 23.3. The predicted octanol–water partition coefficient (Wildman–Crippen LogP) is 4.01. The van der Waals surface area contributed by atoms with Gasteiger partial charge in [-0.1, -0.05) is 0 Å². The second kappa shape index (κ2) is 4.93. The van der Waals surface area contributed by atoms with E-state index < -0.39 is 0 Å². The van der Waals surface area contributed by atoms with Crippen molar-refractivity contribution in [1.29, 1.82) is 0 Å². The molecule has 5 heteroatoms. The van der Waals surface area contributed by atoms with E-state index in [9.17, 15) is 4.79 Å². The SMILES string of the molecule is Cc1ccsc1/C=C/c1nc2sc3c(c2c(=O)[nH]1)CCC3. The number of rotatable bonds is 2. The van der Waals surface area contributed by atoms with Crippen molar-refractivity contribution in [2.24, 2.45) is 0 Å². The maximum absolute atomic E-state index is 12.3. The second-order valence-corrected chi connectivity index (χ2v) is 7.32. The summed E-state index contributed by atoms with van der Waals surface area (Å²) in [5.74, 6) is 0.639. The summed E-state index contributed by atoms with van der Waals surface area (Å²) < 4.78 is 0. The van der Waals surface area contributed by atoms with Gasteiger partial charge in [0.1, 0.15) is 10.7 Å². The molecular formula is C16H14N2OS2. The molecule has 106 valence electrons. The molecule has 1 aliphatic rings. The number of aromatic nitrogens is 2. The van der Waals surface area contributed by atoms with Crippen LogP contribution >= 0.6 is 22.7 Å². The Morgan fingerprint density at radius 1 is 1.33 bits per heavy atom. The number of fused-ring (bicyclic) bond motifs is 3. The number of nitrogens with zero attached hydrogens (tertiary/aromatic N) is 1. The number of hydrogen-bond donors (Lipinski definition) is 1.